The van der Waals surface area contributed by atoms with Crippen molar-refractivity contribution in [3.05, 3.63) is 35.0 Å². The van der Waals surface area contributed by atoms with Crippen LogP contribution in [0.2, 0.25) is 5.02 Å². The van der Waals surface area contributed by atoms with Crippen LogP contribution < -0.4 is 16.0 Å². The standard InChI is InChI=1S/C18H23ClN4O2/c1-11(20)14-10-15(19)13-4-3-7-22-16(13)17(14)23-8-5-12(6-9-23)25-18(24)21-2/h3-4,7,10-12H,5-6,8-9,20H2,1-2H3,(H,21,24). The summed E-state index contributed by atoms with van der Waals surface area (Å²) in [4.78, 5) is 18.2. The lowest BCUT2D eigenvalue weighted by molar-refractivity contribution is 0.0849. The normalized spacial score (nSPS) is 16.7. The fraction of sp³-hybridized carbons (Fsp3) is 0.444. The van der Waals surface area contributed by atoms with E-state index in [4.69, 9.17) is 22.1 Å². The van der Waals surface area contributed by atoms with Crippen molar-refractivity contribution in [2.75, 3.05) is 25.0 Å². The van der Waals surface area contributed by atoms with Crippen molar-refractivity contribution in [1.82, 2.24) is 10.3 Å². The molecule has 1 aliphatic rings. The first kappa shape index (κ1) is 17.8. The second kappa shape index (κ2) is 7.45. The molecule has 2 aromatic rings. The highest BCUT2D eigenvalue weighted by atomic mass is 35.5. The van der Waals surface area contributed by atoms with Crippen LogP contribution in [-0.4, -0.2) is 37.3 Å². The van der Waals surface area contributed by atoms with E-state index in [1.54, 1.807) is 13.2 Å². The number of benzene rings is 1. The van der Waals surface area contributed by atoms with Gasteiger partial charge in [0.2, 0.25) is 0 Å². The molecule has 1 aromatic heterocycles. The van der Waals surface area contributed by atoms with Crippen LogP contribution >= 0.6 is 11.6 Å². The van der Waals surface area contributed by atoms with Crippen molar-refractivity contribution in [3.63, 3.8) is 0 Å². The molecule has 1 saturated heterocycles. The molecule has 6 nitrogen and oxygen atoms in total. The molecule has 1 amide bonds. The van der Waals surface area contributed by atoms with Crippen LogP contribution in [0.1, 0.15) is 31.4 Å². The Morgan fingerprint density at radius 3 is 2.84 bits per heavy atom. The fourth-order valence-corrected chi connectivity index (χ4v) is 3.56. The molecule has 25 heavy (non-hydrogen) atoms. The smallest absolute Gasteiger partial charge is 0.407 e. The van der Waals surface area contributed by atoms with Gasteiger partial charge in [-0.15, -0.1) is 0 Å². The predicted octanol–water partition coefficient (Wildman–Crippen LogP) is 3.23. The first-order valence-corrected chi connectivity index (χ1v) is 8.85. The second-order valence-electron chi connectivity index (χ2n) is 6.33. The Kier molecular flexibility index (Phi) is 5.30. The minimum atomic E-state index is -0.381. The van der Waals surface area contributed by atoms with Crippen LogP contribution in [-0.2, 0) is 4.74 Å². The molecule has 0 aliphatic carbocycles. The minimum absolute atomic E-state index is 0.0681. The lowest BCUT2D eigenvalue weighted by Gasteiger charge is -2.35. The zero-order valence-electron chi connectivity index (χ0n) is 14.5. The maximum atomic E-state index is 11.4. The number of hydrogen-bond donors (Lipinski definition) is 2. The number of carbonyl (C=O) groups is 1. The van der Waals surface area contributed by atoms with Crippen LogP contribution in [0, 0.1) is 0 Å². The van der Waals surface area contributed by atoms with Gasteiger partial charge in [-0.2, -0.15) is 0 Å². The summed E-state index contributed by atoms with van der Waals surface area (Å²) >= 11 is 6.44. The average Bonchev–Trinajstić information content (AvgIpc) is 2.62. The summed E-state index contributed by atoms with van der Waals surface area (Å²) in [5.41, 5.74) is 9.09. The lowest BCUT2D eigenvalue weighted by Crippen LogP contribution is -2.40. The van der Waals surface area contributed by atoms with Gasteiger partial charge in [0.1, 0.15) is 6.10 Å². The highest BCUT2D eigenvalue weighted by Gasteiger charge is 2.26. The zero-order valence-corrected chi connectivity index (χ0v) is 15.2. The molecule has 2 heterocycles. The summed E-state index contributed by atoms with van der Waals surface area (Å²) in [6, 6.07) is 5.64. The van der Waals surface area contributed by atoms with E-state index in [1.807, 2.05) is 25.1 Å². The molecule has 0 bridgehead atoms. The molecule has 0 spiro atoms. The van der Waals surface area contributed by atoms with Crippen molar-refractivity contribution >= 4 is 34.3 Å². The summed E-state index contributed by atoms with van der Waals surface area (Å²) in [5.74, 6) is 0. The number of amides is 1. The Bertz CT molecular complexity index is 773. The van der Waals surface area contributed by atoms with Gasteiger partial charge in [-0.05, 0) is 30.7 Å². The van der Waals surface area contributed by atoms with E-state index < -0.39 is 0 Å². The number of anilines is 1. The zero-order chi connectivity index (χ0) is 18.0. The summed E-state index contributed by atoms with van der Waals surface area (Å²) < 4.78 is 5.37. The maximum Gasteiger partial charge on any atom is 0.407 e. The van der Waals surface area contributed by atoms with Gasteiger partial charge in [0, 0.05) is 50.6 Å². The Morgan fingerprint density at radius 1 is 1.48 bits per heavy atom. The van der Waals surface area contributed by atoms with E-state index in [1.165, 1.54) is 0 Å². The van der Waals surface area contributed by atoms with E-state index in [0.29, 0.717) is 5.02 Å². The molecule has 7 heteroatoms. The molecular weight excluding hydrogens is 340 g/mol. The molecule has 1 fully saturated rings. The first-order valence-electron chi connectivity index (χ1n) is 8.47. The summed E-state index contributed by atoms with van der Waals surface area (Å²) in [6.45, 7) is 3.49. The Balaban J connectivity index is 1.92. The number of halogens is 1. The van der Waals surface area contributed by atoms with Gasteiger partial charge >= 0.3 is 6.09 Å². The highest BCUT2D eigenvalue weighted by molar-refractivity contribution is 6.36. The van der Waals surface area contributed by atoms with Crippen molar-refractivity contribution in [3.8, 4) is 0 Å². The molecular formula is C18H23ClN4O2. The Morgan fingerprint density at radius 2 is 2.20 bits per heavy atom. The van der Waals surface area contributed by atoms with Crippen LogP contribution in [0.5, 0.6) is 0 Å². The topological polar surface area (TPSA) is 80.5 Å². The lowest BCUT2D eigenvalue weighted by atomic mass is 9.99. The number of carbonyl (C=O) groups excluding carboxylic acids is 1. The quantitative estimate of drug-likeness (QED) is 0.876. The van der Waals surface area contributed by atoms with E-state index in [-0.39, 0.29) is 18.2 Å². The molecule has 1 atom stereocenters. The number of pyridine rings is 1. The summed E-state index contributed by atoms with van der Waals surface area (Å²) in [7, 11) is 1.57. The molecule has 0 radical (unpaired) electrons. The molecule has 1 unspecified atom stereocenters. The number of nitrogens with two attached hydrogens (primary N) is 1. The largest absolute Gasteiger partial charge is 0.446 e. The van der Waals surface area contributed by atoms with Gasteiger partial charge in [0.05, 0.1) is 16.2 Å². The predicted molar refractivity (Wildman–Crippen MR) is 100 cm³/mol. The summed E-state index contributed by atoms with van der Waals surface area (Å²) in [5, 5.41) is 4.08. The van der Waals surface area contributed by atoms with E-state index >= 15 is 0 Å². The number of aromatic nitrogens is 1. The van der Waals surface area contributed by atoms with Gasteiger partial charge in [-0.1, -0.05) is 11.6 Å². The van der Waals surface area contributed by atoms with E-state index in [9.17, 15) is 4.79 Å². The number of nitrogens with zero attached hydrogens (tertiary/aromatic N) is 2. The monoisotopic (exact) mass is 362 g/mol. The highest BCUT2D eigenvalue weighted by Crippen LogP contribution is 2.38. The van der Waals surface area contributed by atoms with Crippen molar-refractivity contribution in [2.24, 2.45) is 5.73 Å². The number of fused-ring (bicyclic) bond motifs is 1. The third-order valence-electron chi connectivity index (χ3n) is 4.57. The van der Waals surface area contributed by atoms with Crippen molar-refractivity contribution < 1.29 is 9.53 Å². The number of ether oxygens (including phenoxy) is 1. The van der Waals surface area contributed by atoms with Crippen LogP contribution in [0.25, 0.3) is 10.9 Å². The number of hydrogen-bond acceptors (Lipinski definition) is 5. The molecule has 0 saturated carbocycles. The van der Waals surface area contributed by atoms with Crippen molar-refractivity contribution in [1.29, 1.82) is 0 Å². The Hall–Kier alpha value is -2.05. The van der Waals surface area contributed by atoms with E-state index in [2.05, 4.69) is 15.2 Å². The average molecular weight is 363 g/mol. The van der Waals surface area contributed by atoms with Gasteiger partial charge in [-0.3, -0.25) is 4.98 Å². The second-order valence-corrected chi connectivity index (χ2v) is 6.73. The molecule has 3 rings (SSSR count). The first-order chi connectivity index (χ1) is 12.0. The number of piperidine rings is 1. The molecule has 3 N–H and O–H groups in total. The van der Waals surface area contributed by atoms with Crippen LogP contribution in [0.15, 0.2) is 24.4 Å². The molecule has 134 valence electrons. The number of rotatable bonds is 3. The molecule has 1 aromatic carbocycles. The maximum absolute atomic E-state index is 11.4. The van der Waals surface area contributed by atoms with Gasteiger partial charge < -0.3 is 20.7 Å². The minimum Gasteiger partial charge on any atom is -0.446 e. The van der Waals surface area contributed by atoms with Crippen LogP contribution in [0.3, 0.4) is 0 Å². The Labute approximate surface area is 152 Å². The third-order valence-corrected chi connectivity index (χ3v) is 4.88. The SMILES string of the molecule is CNC(=O)OC1CCN(c2c(C(C)N)cc(Cl)c3cccnc23)CC1. The van der Waals surface area contributed by atoms with E-state index in [0.717, 1.165) is 48.1 Å². The van der Waals surface area contributed by atoms with Gasteiger partial charge in [0.25, 0.3) is 0 Å². The van der Waals surface area contributed by atoms with Gasteiger partial charge in [0.15, 0.2) is 0 Å². The van der Waals surface area contributed by atoms with Gasteiger partial charge in [-0.25, -0.2) is 4.79 Å². The van der Waals surface area contributed by atoms with Crippen LogP contribution in [0.4, 0.5) is 10.5 Å². The third kappa shape index (κ3) is 3.65. The number of alkyl carbamates (subject to hydrolysis) is 1. The number of nitrogens with one attached hydrogen (secondary N) is 1. The van der Waals surface area contributed by atoms with Crippen molar-refractivity contribution in [2.45, 2.75) is 31.9 Å². The summed E-state index contributed by atoms with van der Waals surface area (Å²) in [6.07, 6.45) is 2.86. The molecule has 1 aliphatic heterocycles. The fourth-order valence-electron chi connectivity index (χ4n) is 3.29.